The molecule has 0 saturated carbocycles. The second kappa shape index (κ2) is 7.54. The molecule has 1 aliphatic heterocycles. The molecule has 5 rings (SSSR count). The highest BCUT2D eigenvalue weighted by Gasteiger charge is 2.24. The lowest BCUT2D eigenvalue weighted by Gasteiger charge is -2.30. The summed E-state index contributed by atoms with van der Waals surface area (Å²) in [4.78, 5) is 6.58. The van der Waals surface area contributed by atoms with Crippen LogP contribution in [0.2, 0.25) is 0 Å². The topological polar surface area (TPSA) is 65.3 Å². The van der Waals surface area contributed by atoms with Crippen LogP contribution in [0, 0.1) is 5.82 Å². The van der Waals surface area contributed by atoms with Crippen molar-refractivity contribution in [2.45, 2.75) is 13.5 Å². The van der Waals surface area contributed by atoms with E-state index in [0.29, 0.717) is 29.1 Å². The SMILES string of the molecule is CCn1cnc2c(-c3ccc(F)c(-c4ccc5c(c4OC)N(C)CCO5)c3)cnnc21. The van der Waals surface area contributed by atoms with Crippen molar-refractivity contribution >= 4 is 16.9 Å². The van der Waals surface area contributed by atoms with Crippen LogP contribution in [-0.2, 0) is 6.54 Å². The molecule has 4 aromatic rings. The van der Waals surface area contributed by atoms with Gasteiger partial charge in [-0.3, -0.25) is 0 Å². The highest BCUT2D eigenvalue weighted by molar-refractivity contribution is 5.91. The van der Waals surface area contributed by atoms with Crippen LogP contribution in [0.25, 0.3) is 33.4 Å². The summed E-state index contributed by atoms with van der Waals surface area (Å²) in [6, 6.07) is 8.72. The van der Waals surface area contributed by atoms with E-state index in [1.165, 1.54) is 6.07 Å². The van der Waals surface area contributed by atoms with E-state index >= 15 is 4.39 Å². The second-order valence-electron chi connectivity index (χ2n) is 7.42. The Bertz CT molecular complexity index is 1290. The molecule has 0 saturated heterocycles. The Morgan fingerprint density at radius 2 is 2.03 bits per heavy atom. The Kier molecular flexibility index (Phi) is 4.69. The van der Waals surface area contributed by atoms with Crippen molar-refractivity contribution in [2.75, 3.05) is 32.2 Å². The van der Waals surface area contributed by atoms with E-state index < -0.39 is 0 Å². The molecule has 3 heterocycles. The number of benzene rings is 2. The third kappa shape index (κ3) is 3.06. The predicted octanol–water partition coefficient (Wildman–Crippen LogP) is 4.16. The normalized spacial score (nSPS) is 13.2. The molecule has 7 nitrogen and oxygen atoms in total. The average Bonchev–Trinajstić information content (AvgIpc) is 3.22. The Morgan fingerprint density at radius 3 is 2.84 bits per heavy atom. The molecular weight excluding hydrogens is 397 g/mol. The monoisotopic (exact) mass is 419 g/mol. The quantitative estimate of drug-likeness (QED) is 0.495. The van der Waals surface area contributed by atoms with Gasteiger partial charge in [0.15, 0.2) is 11.4 Å². The van der Waals surface area contributed by atoms with E-state index in [4.69, 9.17) is 9.47 Å². The molecule has 0 N–H and O–H groups in total. The van der Waals surface area contributed by atoms with E-state index in [0.717, 1.165) is 41.2 Å². The maximum Gasteiger partial charge on any atom is 0.183 e. The zero-order valence-electron chi connectivity index (χ0n) is 17.6. The third-order valence-corrected chi connectivity index (χ3v) is 5.68. The van der Waals surface area contributed by atoms with Crippen LogP contribution in [0.5, 0.6) is 11.5 Å². The number of halogens is 1. The lowest BCUT2D eigenvalue weighted by molar-refractivity contribution is 0.306. The number of methoxy groups -OCH3 is 1. The fraction of sp³-hybridized carbons (Fsp3) is 0.261. The van der Waals surface area contributed by atoms with Crippen molar-refractivity contribution in [3.8, 4) is 33.8 Å². The van der Waals surface area contributed by atoms with Crippen LogP contribution in [0.4, 0.5) is 10.1 Å². The molecule has 8 heteroatoms. The van der Waals surface area contributed by atoms with Crippen molar-refractivity contribution < 1.29 is 13.9 Å². The number of anilines is 1. The van der Waals surface area contributed by atoms with Crippen LogP contribution >= 0.6 is 0 Å². The fourth-order valence-electron chi connectivity index (χ4n) is 4.07. The van der Waals surface area contributed by atoms with Crippen molar-refractivity contribution in [2.24, 2.45) is 0 Å². The average molecular weight is 419 g/mol. The van der Waals surface area contributed by atoms with Crippen molar-refractivity contribution in [3.63, 3.8) is 0 Å². The number of rotatable bonds is 4. The lowest BCUT2D eigenvalue weighted by atomic mass is 9.97. The number of hydrogen-bond donors (Lipinski definition) is 0. The number of fused-ring (bicyclic) bond motifs is 2. The third-order valence-electron chi connectivity index (χ3n) is 5.68. The molecule has 0 spiro atoms. The highest BCUT2D eigenvalue weighted by atomic mass is 19.1. The van der Waals surface area contributed by atoms with Gasteiger partial charge in [0.1, 0.15) is 29.4 Å². The van der Waals surface area contributed by atoms with Gasteiger partial charge in [-0.05, 0) is 36.8 Å². The van der Waals surface area contributed by atoms with E-state index in [-0.39, 0.29) is 5.82 Å². The van der Waals surface area contributed by atoms with Crippen molar-refractivity contribution in [1.82, 2.24) is 19.7 Å². The number of nitrogens with zero attached hydrogens (tertiary/aromatic N) is 5. The van der Waals surface area contributed by atoms with Gasteiger partial charge < -0.3 is 18.9 Å². The molecule has 0 amide bonds. The second-order valence-corrected chi connectivity index (χ2v) is 7.42. The Morgan fingerprint density at radius 1 is 1.16 bits per heavy atom. The molecule has 1 aliphatic rings. The van der Waals surface area contributed by atoms with Crippen LogP contribution in [-0.4, -0.2) is 47.1 Å². The predicted molar refractivity (Wildman–Crippen MR) is 117 cm³/mol. The minimum atomic E-state index is -0.335. The summed E-state index contributed by atoms with van der Waals surface area (Å²) in [5.74, 6) is 0.985. The van der Waals surface area contributed by atoms with Gasteiger partial charge in [0, 0.05) is 30.3 Å². The number of aromatic nitrogens is 4. The van der Waals surface area contributed by atoms with E-state index in [2.05, 4.69) is 20.1 Å². The summed E-state index contributed by atoms with van der Waals surface area (Å²) in [7, 11) is 3.57. The van der Waals surface area contributed by atoms with Crippen molar-refractivity contribution in [1.29, 1.82) is 0 Å². The molecule has 158 valence electrons. The molecule has 0 radical (unpaired) electrons. The first-order chi connectivity index (χ1) is 15.1. The summed E-state index contributed by atoms with van der Waals surface area (Å²) < 4.78 is 28.5. The van der Waals surface area contributed by atoms with Gasteiger partial charge in [0.05, 0.1) is 26.2 Å². The molecule has 2 aromatic heterocycles. The number of ether oxygens (including phenoxy) is 2. The molecule has 0 unspecified atom stereocenters. The largest absolute Gasteiger partial charge is 0.494 e. The van der Waals surface area contributed by atoms with E-state index in [9.17, 15) is 0 Å². The Labute approximate surface area is 179 Å². The highest BCUT2D eigenvalue weighted by Crippen LogP contribution is 2.46. The van der Waals surface area contributed by atoms with E-state index in [1.807, 2.05) is 36.7 Å². The number of likely N-dealkylation sites (N-methyl/N-ethyl adjacent to an activating group) is 1. The first kappa shape index (κ1) is 19.3. The molecule has 0 bridgehead atoms. The zero-order valence-corrected chi connectivity index (χ0v) is 17.6. The van der Waals surface area contributed by atoms with Gasteiger partial charge in [0.2, 0.25) is 0 Å². The molecule has 0 atom stereocenters. The number of aryl methyl sites for hydroxylation is 1. The summed E-state index contributed by atoms with van der Waals surface area (Å²) in [5.41, 5.74) is 4.98. The number of hydrogen-bond acceptors (Lipinski definition) is 6. The smallest absolute Gasteiger partial charge is 0.183 e. The minimum absolute atomic E-state index is 0.335. The number of imidazole rings is 1. The Balaban J connectivity index is 1.69. The standard InChI is InChI=1S/C23H22FN5O2/c1-4-29-13-25-20-17(12-26-27-23(20)29)14-5-7-18(24)16(11-14)15-6-8-19-21(22(15)30-3)28(2)9-10-31-19/h5-8,11-13H,4,9-10H2,1-3H3. The maximum absolute atomic E-state index is 15.0. The summed E-state index contributed by atoms with van der Waals surface area (Å²) in [6.45, 7) is 4.10. The summed E-state index contributed by atoms with van der Waals surface area (Å²) in [6.07, 6.45) is 3.41. The molecular formula is C23H22FN5O2. The summed E-state index contributed by atoms with van der Waals surface area (Å²) in [5, 5.41) is 8.36. The zero-order chi connectivity index (χ0) is 21.5. The molecule has 0 fully saturated rings. The Hall–Kier alpha value is -3.68. The first-order valence-electron chi connectivity index (χ1n) is 10.1. The maximum atomic E-state index is 15.0. The van der Waals surface area contributed by atoms with Crippen LogP contribution in [0.3, 0.4) is 0 Å². The van der Waals surface area contributed by atoms with Crippen LogP contribution < -0.4 is 14.4 Å². The van der Waals surface area contributed by atoms with Gasteiger partial charge in [-0.25, -0.2) is 9.37 Å². The van der Waals surface area contributed by atoms with Gasteiger partial charge in [0.25, 0.3) is 0 Å². The van der Waals surface area contributed by atoms with Gasteiger partial charge in [-0.15, -0.1) is 5.10 Å². The lowest BCUT2D eigenvalue weighted by Crippen LogP contribution is -2.29. The molecule has 0 aliphatic carbocycles. The summed E-state index contributed by atoms with van der Waals surface area (Å²) >= 11 is 0. The van der Waals surface area contributed by atoms with E-state index in [1.54, 1.807) is 25.7 Å². The van der Waals surface area contributed by atoms with Crippen LogP contribution in [0.1, 0.15) is 6.92 Å². The first-order valence-corrected chi connectivity index (χ1v) is 10.1. The molecule has 31 heavy (non-hydrogen) atoms. The van der Waals surface area contributed by atoms with Gasteiger partial charge in [-0.1, -0.05) is 6.07 Å². The van der Waals surface area contributed by atoms with Gasteiger partial charge in [-0.2, -0.15) is 5.10 Å². The fourth-order valence-corrected chi connectivity index (χ4v) is 4.07. The van der Waals surface area contributed by atoms with Gasteiger partial charge >= 0.3 is 0 Å². The van der Waals surface area contributed by atoms with Crippen molar-refractivity contribution in [3.05, 3.63) is 48.7 Å². The molecule has 2 aromatic carbocycles. The van der Waals surface area contributed by atoms with Crippen LogP contribution in [0.15, 0.2) is 42.9 Å². The minimum Gasteiger partial charge on any atom is -0.494 e.